The molecule has 3 aromatic rings. The van der Waals surface area contributed by atoms with Gasteiger partial charge in [-0.2, -0.15) is 10.2 Å². The Balaban J connectivity index is 1.60. The van der Waals surface area contributed by atoms with Crippen molar-refractivity contribution in [3.8, 4) is 0 Å². The molecule has 1 N–H and O–H groups in total. The lowest BCUT2D eigenvalue weighted by Gasteiger charge is -2.06. The second-order valence-electron chi connectivity index (χ2n) is 6.38. The van der Waals surface area contributed by atoms with Crippen molar-refractivity contribution in [1.82, 2.24) is 24.9 Å². The first-order valence-corrected chi connectivity index (χ1v) is 8.37. The van der Waals surface area contributed by atoms with E-state index in [0.717, 1.165) is 22.3 Å². The van der Waals surface area contributed by atoms with E-state index in [1.54, 1.807) is 18.3 Å². The van der Waals surface area contributed by atoms with Gasteiger partial charge in [-0.25, -0.2) is 4.39 Å². The van der Waals surface area contributed by atoms with Crippen LogP contribution in [0.3, 0.4) is 0 Å². The number of hydrogen-bond donors (Lipinski definition) is 1. The Morgan fingerprint density at radius 1 is 1.28 bits per heavy atom. The lowest BCUT2D eigenvalue weighted by molar-refractivity contribution is -0.121. The van der Waals surface area contributed by atoms with Crippen LogP contribution in [0.25, 0.3) is 11.0 Å². The van der Waals surface area contributed by atoms with Gasteiger partial charge in [0.25, 0.3) is 0 Å². The molecular formula is C18H22FN5O. The van der Waals surface area contributed by atoms with Crippen molar-refractivity contribution in [2.45, 2.75) is 46.3 Å². The Hall–Kier alpha value is -2.70. The number of benzene rings is 1. The van der Waals surface area contributed by atoms with Gasteiger partial charge in [-0.05, 0) is 38.5 Å². The number of amides is 1. The number of hydrogen-bond acceptors (Lipinski definition) is 3. The van der Waals surface area contributed by atoms with Crippen LogP contribution >= 0.6 is 0 Å². The molecule has 0 saturated heterocycles. The fourth-order valence-electron chi connectivity index (χ4n) is 2.84. The van der Waals surface area contributed by atoms with Crippen molar-refractivity contribution in [1.29, 1.82) is 0 Å². The highest BCUT2D eigenvalue weighted by molar-refractivity contribution is 5.79. The predicted octanol–water partition coefficient (Wildman–Crippen LogP) is 2.97. The van der Waals surface area contributed by atoms with Gasteiger partial charge in [0.05, 0.1) is 18.4 Å². The smallest absolute Gasteiger partial charge is 0.222 e. The van der Waals surface area contributed by atoms with Crippen LogP contribution in [0.4, 0.5) is 4.39 Å². The highest BCUT2D eigenvalue weighted by atomic mass is 19.1. The molecule has 1 amide bonds. The molecule has 0 saturated carbocycles. The minimum Gasteiger partial charge on any atom is -0.352 e. The van der Waals surface area contributed by atoms with Crippen LogP contribution in [0.2, 0.25) is 0 Å². The van der Waals surface area contributed by atoms with Gasteiger partial charge >= 0.3 is 0 Å². The molecule has 0 aliphatic heterocycles. The molecule has 2 heterocycles. The van der Waals surface area contributed by atoms with Gasteiger partial charge in [0.1, 0.15) is 16.9 Å². The summed E-state index contributed by atoms with van der Waals surface area (Å²) in [4.78, 5) is 12.1. The standard InChI is InChI=1S/C18H22FN5O/c1-12(2)24-16-11-21-23(18(16)13(3)22-24)9-8-17(25)20-10-14-4-6-15(19)7-5-14/h4-7,11-12H,8-10H2,1-3H3,(H,20,25). The van der Waals surface area contributed by atoms with E-state index in [1.165, 1.54) is 12.1 Å². The maximum atomic E-state index is 12.9. The van der Waals surface area contributed by atoms with E-state index in [2.05, 4.69) is 29.4 Å². The maximum absolute atomic E-state index is 12.9. The van der Waals surface area contributed by atoms with E-state index in [0.29, 0.717) is 19.5 Å². The largest absolute Gasteiger partial charge is 0.352 e. The molecule has 0 aliphatic rings. The molecule has 1 aromatic carbocycles. The highest BCUT2D eigenvalue weighted by Gasteiger charge is 2.15. The molecule has 0 radical (unpaired) electrons. The Labute approximate surface area is 145 Å². The number of carbonyl (C=O) groups is 1. The molecule has 25 heavy (non-hydrogen) atoms. The van der Waals surface area contributed by atoms with Gasteiger partial charge in [-0.3, -0.25) is 14.2 Å². The number of carbonyl (C=O) groups excluding carboxylic acids is 1. The third-order valence-electron chi connectivity index (χ3n) is 4.11. The molecular weight excluding hydrogens is 321 g/mol. The van der Waals surface area contributed by atoms with Crippen molar-refractivity contribution in [2.24, 2.45) is 0 Å². The summed E-state index contributed by atoms with van der Waals surface area (Å²) in [5.41, 5.74) is 3.73. The molecule has 0 atom stereocenters. The molecule has 2 aromatic heterocycles. The molecule has 0 unspecified atom stereocenters. The molecule has 0 aliphatic carbocycles. The third kappa shape index (κ3) is 3.70. The first-order valence-electron chi connectivity index (χ1n) is 8.37. The average molecular weight is 343 g/mol. The Morgan fingerprint density at radius 3 is 2.68 bits per heavy atom. The Kier molecular flexibility index (Phi) is 4.83. The number of nitrogens with one attached hydrogen (secondary N) is 1. The van der Waals surface area contributed by atoms with E-state index < -0.39 is 0 Å². The Bertz CT molecular complexity index is 879. The van der Waals surface area contributed by atoms with Crippen molar-refractivity contribution >= 4 is 16.9 Å². The highest BCUT2D eigenvalue weighted by Crippen LogP contribution is 2.21. The van der Waals surface area contributed by atoms with Gasteiger partial charge in [0.2, 0.25) is 5.91 Å². The van der Waals surface area contributed by atoms with Crippen molar-refractivity contribution < 1.29 is 9.18 Å². The van der Waals surface area contributed by atoms with Crippen molar-refractivity contribution in [3.63, 3.8) is 0 Å². The quantitative estimate of drug-likeness (QED) is 0.748. The monoisotopic (exact) mass is 343 g/mol. The Morgan fingerprint density at radius 2 is 2.00 bits per heavy atom. The van der Waals surface area contributed by atoms with Crippen LogP contribution in [0, 0.1) is 12.7 Å². The molecule has 0 spiro atoms. The fourth-order valence-corrected chi connectivity index (χ4v) is 2.84. The van der Waals surface area contributed by atoms with Crippen LogP contribution in [0.5, 0.6) is 0 Å². The molecule has 6 nitrogen and oxygen atoms in total. The number of aromatic nitrogens is 4. The summed E-state index contributed by atoms with van der Waals surface area (Å²) in [5.74, 6) is -0.350. The minimum absolute atomic E-state index is 0.0677. The van der Waals surface area contributed by atoms with E-state index in [-0.39, 0.29) is 17.8 Å². The van der Waals surface area contributed by atoms with Crippen LogP contribution < -0.4 is 5.32 Å². The SMILES string of the molecule is Cc1nn(C(C)C)c2cnn(CCC(=O)NCc3ccc(F)cc3)c12. The normalized spacial score (nSPS) is 11.4. The average Bonchev–Trinajstić information content (AvgIpc) is 3.14. The zero-order valence-electron chi connectivity index (χ0n) is 14.7. The summed E-state index contributed by atoms with van der Waals surface area (Å²) in [7, 11) is 0. The van der Waals surface area contributed by atoms with Gasteiger partial charge in [-0.15, -0.1) is 0 Å². The van der Waals surface area contributed by atoms with Gasteiger partial charge < -0.3 is 5.32 Å². The minimum atomic E-state index is -0.282. The lowest BCUT2D eigenvalue weighted by atomic mass is 10.2. The summed E-state index contributed by atoms with van der Waals surface area (Å²) in [6, 6.07) is 6.36. The number of rotatable bonds is 6. The van der Waals surface area contributed by atoms with E-state index in [9.17, 15) is 9.18 Å². The van der Waals surface area contributed by atoms with Crippen molar-refractivity contribution in [2.75, 3.05) is 0 Å². The van der Waals surface area contributed by atoms with E-state index in [4.69, 9.17) is 0 Å². The first-order chi connectivity index (χ1) is 12.0. The van der Waals surface area contributed by atoms with E-state index in [1.807, 2.05) is 16.3 Å². The summed E-state index contributed by atoms with van der Waals surface area (Å²) < 4.78 is 16.6. The number of halogens is 1. The predicted molar refractivity (Wildman–Crippen MR) is 93.5 cm³/mol. The fraction of sp³-hybridized carbons (Fsp3) is 0.389. The molecule has 3 rings (SSSR count). The number of nitrogens with zero attached hydrogens (tertiary/aromatic N) is 4. The zero-order chi connectivity index (χ0) is 18.0. The van der Waals surface area contributed by atoms with Crippen LogP contribution in [-0.2, 0) is 17.9 Å². The van der Waals surface area contributed by atoms with Crippen LogP contribution in [-0.4, -0.2) is 25.5 Å². The topological polar surface area (TPSA) is 64.7 Å². The summed E-state index contributed by atoms with van der Waals surface area (Å²) in [6.45, 7) is 6.98. The van der Waals surface area contributed by atoms with Gasteiger partial charge in [0.15, 0.2) is 0 Å². The molecule has 0 fully saturated rings. The number of aryl methyl sites for hydroxylation is 2. The van der Waals surface area contributed by atoms with Crippen LogP contribution in [0.15, 0.2) is 30.5 Å². The third-order valence-corrected chi connectivity index (χ3v) is 4.11. The lowest BCUT2D eigenvalue weighted by Crippen LogP contribution is -2.24. The summed E-state index contributed by atoms with van der Waals surface area (Å²) in [5, 5.41) is 11.8. The van der Waals surface area contributed by atoms with Gasteiger partial charge in [0, 0.05) is 19.0 Å². The van der Waals surface area contributed by atoms with Gasteiger partial charge in [-0.1, -0.05) is 12.1 Å². The molecule has 7 heteroatoms. The number of fused-ring (bicyclic) bond motifs is 1. The zero-order valence-corrected chi connectivity index (χ0v) is 14.7. The van der Waals surface area contributed by atoms with E-state index >= 15 is 0 Å². The molecule has 132 valence electrons. The summed E-state index contributed by atoms with van der Waals surface area (Å²) >= 11 is 0. The maximum Gasteiger partial charge on any atom is 0.222 e. The molecule has 0 bridgehead atoms. The second-order valence-corrected chi connectivity index (χ2v) is 6.38. The first kappa shape index (κ1) is 17.1. The van der Waals surface area contributed by atoms with Crippen molar-refractivity contribution in [3.05, 3.63) is 47.5 Å². The summed E-state index contributed by atoms with van der Waals surface area (Å²) in [6.07, 6.45) is 2.12. The van der Waals surface area contributed by atoms with Crippen LogP contribution in [0.1, 0.15) is 37.6 Å². The second kappa shape index (κ2) is 7.04.